The minimum Gasteiger partial charge on any atom is -0.372 e. The topological polar surface area (TPSA) is 63.1 Å². The van der Waals surface area contributed by atoms with E-state index >= 15 is 0 Å². The number of carbonyl (C=O) groups is 1. The number of hydrogen-bond donors (Lipinski definition) is 1. The number of aromatic nitrogens is 3. The summed E-state index contributed by atoms with van der Waals surface area (Å²) in [5.41, 5.74) is 3.25. The van der Waals surface area contributed by atoms with Gasteiger partial charge in [0.2, 0.25) is 5.91 Å². The van der Waals surface area contributed by atoms with Gasteiger partial charge in [-0.15, -0.1) is 10.2 Å². The van der Waals surface area contributed by atoms with Crippen LogP contribution in [0.15, 0.2) is 59.8 Å². The first-order valence-corrected chi connectivity index (χ1v) is 12.3. The maximum Gasteiger partial charge on any atom is 0.237 e. The molecule has 1 atom stereocenters. The van der Waals surface area contributed by atoms with E-state index in [1.807, 2.05) is 37.3 Å². The van der Waals surface area contributed by atoms with Crippen molar-refractivity contribution in [2.24, 2.45) is 0 Å². The maximum absolute atomic E-state index is 12.8. The van der Waals surface area contributed by atoms with Crippen LogP contribution in [0.25, 0.3) is 0 Å². The molecule has 1 unspecified atom stereocenters. The number of anilines is 2. The molecule has 7 heteroatoms. The Morgan fingerprint density at radius 2 is 1.75 bits per heavy atom. The number of nitrogens with one attached hydrogen (secondary N) is 1. The number of hydrogen-bond acceptors (Lipinski definition) is 5. The highest BCUT2D eigenvalue weighted by Crippen LogP contribution is 2.26. The van der Waals surface area contributed by atoms with Crippen molar-refractivity contribution in [3.63, 3.8) is 0 Å². The molecule has 0 aliphatic carbocycles. The highest BCUT2D eigenvalue weighted by atomic mass is 32.2. The highest BCUT2D eigenvalue weighted by molar-refractivity contribution is 8.00. The third-order valence-corrected chi connectivity index (χ3v) is 6.90. The fourth-order valence-corrected chi connectivity index (χ4v) is 4.93. The standard InChI is InChI=1S/C25H31N5OS/c1-3-30-23(18-20-10-6-4-7-11-20)27-28-25(30)32-19(2)24(31)26-21-12-14-22(15-13-21)29-16-8-5-9-17-29/h4,6-7,10-15,19H,3,5,8-9,16-18H2,1-2H3,(H,26,31). The molecule has 0 radical (unpaired) electrons. The summed E-state index contributed by atoms with van der Waals surface area (Å²) in [5.74, 6) is 0.887. The van der Waals surface area contributed by atoms with Crippen molar-refractivity contribution >= 4 is 29.0 Å². The first-order chi connectivity index (χ1) is 15.6. The smallest absolute Gasteiger partial charge is 0.237 e. The SMILES string of the molecule is CCn1c(Cc2ccccc2)nnc1SC(C)C(=O)Nc1ccc(N2CCCCC2)cc1. The number of amides is 1. The molecule has 32 heavy (non-hydrogen) atoms. The molecule has 0 bridgehead atoms. The lowest BCUT2D eigenvalue weighted by Crippen LogP contribution is -2.29. The predicted octanol–water partition coefficient (Wildman–Crippen LogP) is 5.00. The molecule has 2 aromatic carbocycles. The Balaban J connectivity index is 1.36. The number of carbonyl (C=O) groups excluding carboxylic acids is 1. The van der Waals surface area contributed by atoms with E-state index in [1.54, 1.807) is 0 Å². The van der Waals surface area contributed by atoms with Gasteiger partial charge in [-0.1, -0.05) is 42.1 Å². The summed E-state index contributed by atoms with van der Waals surface area (Å²) < 4.78 is 2.09. The van der Waals surface area contributed by atoms with Crippen LogP contribution in [0.2, 0.25) is 0 Å². The summed E-state index contributed by atoms with van der Waals surface area (Å²) in [6, 6.07) is 18.4. The van der Waals surface area contributed by atoms with Gasteiger partial charge < -0.3 is 14.8 Å². The molecule has 2 heterocycles. The predicted molar refractivity (Wildman–Crippen MR) is 131 cm³/mol. The lowest BCUT2D eigenvalue weighted by atomic mass is 10.1. The molecular formula is C25H31N5OS. The lowest BCUT2D eigenvalue weighted by Gasteiger charge is -2.28. The van der Waals surface area contributed by atoms with Gasteiger partial charge in [0.25, 0.3) is 0 Å². The molecule has 1 saturated heterocycles. The zero-order chi connectivity index (χ0) is 22.3. The van der Waals surface area contributed by atoms with Gasteiger partial charge in [0.15, 0.2) is 5.16 Å². The molecule has 0 saturated carbocycles. The van der Waals surface area contributed by atoms with E-state index in [2.05, 4.69) is 56.2 Å². The van der Waals surface area contributed by atoms with Crippen LogP contribution in [0.5, 0.6) is 0 Å². The van der Waals surface area contributed by atoms with Crippen LogP contribution >= 0.6 is 11.8 Å². The lowest BCUT2D eigenvalue weighted by molar-refractivity contribution is -0.115. The molecule has 168 valence electrons. The third-order valence-electron chi connectivity index (χ3n) is 5.82. The zero-order valence-electron chi connectivity index (χ0n) is 18.8. The van der Waals surface area contributed by atoms with Crippen LogP contribution in [0, 0.1) is 0 Å². The van der Waals surface area contributed by atoms with Crippen molar-refractivity contribution in [3.8, 4) is 0 Å². The van der Waals surface area contributed by atoms with Gasteiger partial charge in [0.05, 0.1) is 5.25 Å². The first kappa shape index (κ1) is 22.4. The van der Waals surface area contributed by atoms with E-state index in [0.29, 0.717) is 0 Å². The van der Waals surface area contributed by atoms with Crippen LogP contribution in [-0.4, -0.2) is 39.0 Å². The number of rotatable bonds is 8. The molecule has 4 rings (SSSR count). The third kappa shape index (κ3) is 5.51. The van der Waals surface area contributed by atoms with Gasteiger partial charge in [-0.3, -0.25) is 4.79 Å². The van der Waals surface area contributed by atoms with E-state index in [9.17, 15) is 4.79 Å². The van der Waals surface area contributed by atoms with Crippen LogP contribution in [-0.2, 0) is 17.8 Å². The summed E-state index contributed by atoms with van der Waals surface area (Å²) in [5, 5.41) is 12.3. The molecule has 1 fully saturated rings. The van der Waals surface area contributed by atoms with E-state index in [0.717, 1.165) is 42.7 Å². The Hall–Kier alpha value is -2.80. The summed E-state index contributed by atoms with van der Waals surface area (Å²) in [6.07, 6.45) is 4.55. The van der Waals surface area contributed by atoms with Crippen LogP contribution in [0.1, 0.15) is 44.5 Å². The molecule has 0 spiro atoms. The average molecular weight is 450 g/mol. The quantitative estimate of drug-likeness (QED) is 0.491. The van der Waals surface area contributed by atoms with E-state index in [4.69, 9.17) is 0 Å². The minimum absolute atomic E-state index is 0.0315. The Morgan fingerprint density at radius 3 is 2.44 bits per heavy atom. The van der Waals surface area contributed by atoms with Crippen LogP contribution in [0.4, 0.5) is 11.4 Å². The molecule has 1 aliphatic heterocycles. The molecule has 3 aromatic rings. The van der Waals surface area contributed by atoms with Crippen molar-refractivity contribution < 1.29 is 4.79 Å². The monoisotopic (exact) mass is 449 g/mol. The van der Waals surface area contributed by atoms with Crippen LogP contribution < -0.4 is 10.2 Å². The van der Waals surface area contributed by atoms with E-state index in [-0.39, 0.29) is 11.2 Å². The Labute approximate surface area is 194 Å². The van der Waals surface area contributed by atoms with Crippen molar-refractivity contribution in [1.82, 2.24) is 14.8 Å². The van der Waals surface area contributed by atoms with Gasteiger partial charge in [0.1, 0.15) is 5.82 Å². The molecule has 1 aromatic heterocycles. The zero-order valence-corrected chi connectivity index (χ0v) is 19.6. The largest absolute Gasteiger partial charge is 0.372 e. The van der Waals surface area contributed by atoms with Crippen molar-refractivity contribution in [2.45, 2.75) is 56.5 Å². The summed E-state index contributed by atoms with van der Waals surface area (Å²) in [7, 11) is 0. The maximum atomic E-state index is 12.8. The summed E-state index contributed by atoms with van der Waals surface area (Å²) in [6.45, 7) is 6.99. The Kier molecular flexibility index (Phi) is 7.47. The average Bonchev–Trinajstić information content (AvgIpc) is 3.21. The molecular weight excluding hydrogens is 418 g/mol. The molecule has 6 nitrogen and oxygen atoms in total. The van der Waals surface area contributed by atoms with Gasteiger partial charge in [0, 0.05) is 37.4 Å². The molecule has 1 amide bonds. The van der Waals surface area contributed by atoms with Gasteiger partial charge >= 0.3 is 0 Å². The van der Waals surface area contributed by atoms with Crippen molar-refractivity contribution in [2.75, 3.05) is 23.3 Å². The first-order valence-electron chi connectivity index (χ1n) is 11.4. The summed E-state index contributed by atoms with van der Waals surface area (Å²) in [4.78, 5) is 15.2. The fraction of sp³-hybridized carbons (Fsp3) is 0.400. The number of nitrogens with zero attached hydrogens (tertiary/aromatic N) is 4. The second-order valence-electron chi connectivity index (χ2n) is 8.15. The molecule has 1 aliphatic rings. The van der Waals surface area contributed by atoms with Gasteiger partial charge in [-0.05, 0) is 62.9 Å². The second-order valence-corrected chi connectivity index (χ2v) is 9.46. The fourth-order valence-electron chi connectivity index (χ4n) is 4.00. The minimum atomic E-state index is -0.282. The van der Waals surface area contributed by atoms with Crippen molar-refractivity contribution in [3.05, 3.63) is 66.0 Å². The Morgan fingerprint density at radius 1 is 1.03 bits per heavy atom. The van der Waals surface area contributed by atoms with E-state index in [1.165, 1.54) is 42.3 Å². The van der Waals surface area contributed by atoms with Crippen LogP contribution in [0.3, 0.4) is 0 Å². The normalized spacial score (nSPS) is 14.9. The molecule has 1 N–H and O–H groups in total. The second kappa shape index (κ2) is 10.7. The van der Waals surface area contributed by atoms with E-state index < -0.39 is 0 Å². The number of thioether (sulfide) groups is 1. The highest BCUT2D eigenvalue weighted by Gasteiger charge is 2.20. The van der Waals surface area contributed by atoms with Crippen molar-refractivity contribution in [1.29, 1.82) is 0 Å². The number of benzene rings is 2. The van der Waals surface area contributed by atoms with Gasteiger partial charge in [-0.2, -0.15) is 0 Å². The van der Waals surface area contributed by atoms with Gasteiger partial charge in [-0.25, -0.2) is 0 Å². The Bertz CT molecular complexity index is 1010. The number of piperidine rings is 1. The summed E-state index contributed by atoms with van der Waals surface area (Å²) >= 11 is 1.45.